The van der Waals surface area contributed by atoms with Crippen molar-refractivity contribution in [1.82, 2.24) is 10.2 Å². The van der Waals surface area contributed by atoms with E-state index in [4.69, 9.17) is 0 Å². The molecule has 22 heavy (non-hydrogen) atoms. The number of hydrogen-bond acceptors (Lipinski definition) is 3. The van der Waals surface area contributed by atoms with Gasteiger partial charge < -0.3 is 15.1 Å². The molecule has 2 heterocycles. The maximum absolute atomic E-state index is 12.7. The lowest BCUT2D eigenvalue weighted by atomic mass is 9.93. The fourth-order valence-electron chi connectivity index (χ4n) is 3.60. The number of hydrogen-bond donors (Lipinski definition) is 1. The Balaban J connectivity index is 1.57. The maximum Gasteiger partial charge on any atom is 0.239 e. The van der Waals surface area contributed by atoms with E-state index in [9.17, 15) is 4.79 Å². The van der Waals surface area contributed by atoms with Crippen LogP contribution in [0.25, 0.3) is 0 Å². The van der Waals surface area contributed by atoms with Crippen LogP contribution < -0.4 is 10.2 Å². The normalized spacial score (nSPS) is 26.1. The van der Waals surface area contributed by atoms with Gasteiger partial charge in [-0.15, -0.1) is 0 Å². The summed E-state index contributed by atoms with van der Waals surface area (Å²) in [4.78, 5) is 17.1. The Labute approximate surface area is 133 Å². The van der Waals surface area contributed by atoms with Crippen molar-refractivity contribution in [3.05, 3.63) is 29.8 Å². The number of carbonyl (C=O) groups is 1. The summed E-state index contributed by atoms with van der Waals surface area (Å²) >= 11 is 0. The van der Waals surface area contributed by atoms with Crippen molar-refractivity contribution < 1.29 is 4.79 Å². The highest BCUT2D eigenvalue weighted by atomic mass is 16.2. The molecule has 2 fully saturated rings. The number of piperazine rings is 1. The van der Waals surface area contributed by atoms with Crippen LogP contribution in [-0.4, -0.2) is 49.6 Å². The second-order valence-corrected chi connectivity index (χ2v) is 6.74. The number of anilines is 1. The number of nitrogens with one attached hydrogen (secondary N) is 1. The summed E-state index contributed by atoms with van der Waals surface area (Å²) in [6.07, 6.45) is 2.17. The van der Waals surface area contributed by atoms with Gasteiger partial charge in [-0.25, -0.2) is 0 Å². The van der Waals surface area contributed by atoms with Crippen LogP contribution in [0.3, 0.4) is 0 Å². The first-order chi connectivity index (χ1) is 10.6. The molecule has 0 aliphatic carbocycles. The number of aryl methyl sites for hydroxylation is 1. The quantitative estimate of drug-likeness (QED) is 0.908. The first kappa shape index (κ1) is 15.3. The molecule has 0 saturated carbocycles. The topological polar surface area (TPSA) is 35.6 Å². The number of amides is 1. The van der Waals surface area contributed by atoms with Gasteiger partial charge in [0.1, 0.15) is 0 Å². The second-order valence-electron chi connectivity index (χ2n) is 6.74. The molecule has 1 amide bonds. The number of rotatable bonds is 2. The van der Waals surface area contributed by atoms with Gasteiger partial charge in [-0.1, -0.05) is 25.1 Å². The van der Waals surface area contributed by atoms with Gasteiger partial charge >= 0.3 is 0 Å². The van der Waals surface area contributed by atoms with Crippen molar-refractivity contribution in [3.63, 3.8) is 0 Å². The zero-order valence-electron chi connectivity index (χ0n) is 13.7. The Kier molecular flexibility index (Phi) is 4.67. The molecule has 0 aromatic heterocycles. The molecular weight excluding hydrogens is 274 g/mol. The minimum Gasteiger partial charge on any atom is -0.368 e. The monoisotopic (exact) mass is 301 g/mol. The predicted octanol–water partition coefficient (Wildman–Crippen LogP) is 2.03. The number of para-hydroxylation sites is 1. The van der Waals surface area contributed by atoms with Gasteiger partial charge in [0.05, 0.1) is 6.04 Å². The fraction of sp³-hybridized carbons (Fsp3) is 0.611. The van der Waals surface area contributed by atoms with Gasteiger partial charge in [0.2, 0.25) is 5.91 Å². The van der Waals surface area contributed by atoms with Crippen molar-refractivity contribution in [3.8, 4) is 0 Å². The van der Waals surface area contributed by atoms with Gasteiger partial charge in [-0.3, -0.25) is 4.79 Å². The molecule has 2 saturated heterocycles. The Bertz CT molecular complexity index is 523. The Morgan fingerprint density at radius 3 is 2.59 bits per heavy atom. The zero-order valence-corrected chi connectivity index (χ0v) is 13.7. The SMILES string of the molecule is Cc1ccccc1N1CCN(C(=O)C2CC(C)CCN2)CC1. The van der Waals surface area contributed by atoms with Crippen molar-refractivity contribution in [1.29, 1.82) is 0 Å². The van der Waals surface area contributed by atoms with Gasteiger partial charge in [0.25, 0.3) is 0 Å². The lowest BCUT2D eigenvalue weighted by Crippen LogP contribution is -2.55. The fourth-order valence-corrected chi connectivity index (χ4v) is 3.60. The van der Waals surface area contributed by atoms with Crippen LogP contribution in [0.4, 0.5) is 5.69 Å². The molecule has 1 N–H and O–H groups in total. The van der Waals surface area contributed by atoms with E-state index in [1.54, 1.807) is 0 Å². The highest BCUT2D eigenvalue weighted by Gasteiger charge is 2.30. The third-order valence-corrected chi connectivity index (χ3v) is 5.01. The van der Waals surface area contributed by atoms with Crippen LogP contribution in [-0.2, 0) is 4.79 Å². The summed E-state index contributed by atoms with van der Waals surface area (Å²) in [6, 6.07) is 8.53. The van der Waals surface area contributed by atoms with E-state index in [0.717, 1.165) is 39.1 Å². The summed E-state index contributed by atoms with van der Waals surface area (Å²) in [7, 11) is 0. The lowest BCUT2D eigenvalue weighted by Gasteiger charge is -2.39. The van der Waals surface area contributed by atoms with Crippen LogP contribution in [0, 0.1) is 12.8 Å². The smallest absolute Gasteiger partial charge is 0.239 e. The number of nitrogens with zero attached hydrogens (tertiary/aromatic N) is 2. The maximum atomic E-state index is 12.7. The third kappa shape index (κ3) is 3.27. The van der Waals surface area contributed by atoms with Gasteiger partial charge in [-0.2, -0.15) is 0 Å². The molecule has 120 valence electrons. The largest absolute Gasteiger partial charge is 0.368 e. The van der Waals surface area contributed by atoms with Crippen molar-refractivity contribution in [2.24, 2.45) is 5.92 Å². The number of benzene rings is 1. The van der Waals surface area contributed by atoms with E-state index in [2.05, 4.69) is 48.3 Å². The van der Waals surface area contributed by atoms with Gasteiger partial charge in [-0.05, 0) is 43.9 Å². The molecule has 0 bridgehead atoms. The molecule has 2 aliphatic heterocycles. The Morgan fingerprint density at radius 2 is 1.91 bits per heavy atom. The Morgan fingerprint density at radius 1 is 1.18 bits per heavy atom. The molecule has 4 heteroatoms. The summed E-state index contributed by atoms with van der Waals surface area (Å²) in [5.74, 6) is 0.958. The lowest BCUT2D eigenvalue weighted by molar-refractivity contribution is -0.134. The molecule has 0 radical (unpaired) electrons. The zero-order chi connectivity index (χ0) is 15.5. The first-order valence-electron chi connectivity index (χ1n) is 8.48. The molecule has 1 aromatic carbocycles. The van der Waals surface area contributed by atoms with Gasteiger partial charge in [0, 0.05) is 31.9 Å². The second kappa shape index (κ2) is 6.69. The highest BCUT2D eigenvalue weighted by Crippen LogP contribution is 2.22. The van der Waals surface area contributed by atoms with Crippen LogP contribution in [0.1, 0.15) is 25.3 Å². The van der Waals surface area contributed by atoms with Gasteiger partial charge in [0.15, 0.2) is 0 Å². The van der Waals surface area contributed by atoms with E-state index in [0.29, 0.717) is 11.8 Å². The van der Waals surface area contributed by atoms with E-state index >= 15 is 0 Å². The van der Waals surface area contributed by atoms with Crippen LogP contribution in [0.2, 0.25) is 0 Å². The molecule has 0 spiro atoms. The van der Waals surface area contributed by atoms with Crippen molar-refractivity contribution in [2.75, 3.05) is 37.6 Å². The van der Waals surface area contributed by atoms with Crippen LogP contribution in [0.15, 0.2) is 24.3 Å². The van der Waals surface area contributed by atoms with Crippen LogP contribution in [0.5, 0.6) is 0 Å². The molecule has 2 unspecified atom stereocenters. The molecule has 1 aromatic rings. The van der Waals surface area contributed by atoms with E-state index < -0.39 is 0 Å². The minimum atomic E-state index is 0.0359. The van der Waals surface area contributed by atoms with Crippen molar-refractivity contribution >= 4 is 11.6 Å². The van der Waals surface area contributed by atoms with E-state index in [-0.39, 0.29) is 6.04 Å². The number of carbonyl (C=O) groups excluding carboxylic acids is 1. The molecule has 2 atom stereocenters. The summed E-state index contributed by atoms with van der Waals surface area (Å²) < 4.78 is 0. The number of piperidine rings is 1. The predicted molar refractivity (Wildman–Crippen MR) is 90.2 cm³/mol. The Hall–Kier alpha value is -1.55. The summed E-state index contributed by atoms with van der Waals surface area (Å²) in [6.45, 7) is 8.90. The van der Waals surface area contributed by atoms with E-state index in [1.807, 2.05) is 4.90 Å². The summed E-state index contributed by atoms with van der Waals surface area (Å²) in [5.41, 5.74) is 2.61. The van der Waals surface area contributed by atoms with Crippen molar-refractivity contribution in [2.45, 2.75) is 32.7 Å². The molecule has 2 aliphatic rings. The summed E-state index contributed by atoms with van der Waals surface area (Å²) in [5, 5.41) is 3.39. The van der Waals surface area contributed by atoms with Crippen LogP contribution >= 0.6 is 0 Å². The molecular formula is C18H27N3O. The van der Waals surface area contributed by atoms with E-state index in [1.165, 1.54) is 17.7 Å². The highest BCUT2D eigenvalue weighted by molar-refractivity contribution is 5.82. The molecule has 4 nitrogen and oxygen atoms in total. The molecule has 3 rings (SSSR count). The minimum absolute atomic E-state index is 0.0359. The average molecular weight is 301 g/mol. The average Bonchev–Trinajstić information content (AvgIpc) is 2.55. The first-order valence-corrected chi connectivity index (χ1v) is 8.48. The standard InChI is InChI=1S/C18H27N3O/c1-14-7-8-19-16(13-14)18(22)21-11-9-20(10-12-21)17-6-4-3-5-15(17)2/h3-6,14,16,19H,7-13H2,1-2H3. The third-order valence-electron chi connectivity index (χ3n) is 5.01.